The summed E-state index contributed by atoms with van der Waals surface area (Å²) in [5, 5.41) is 10.0. The summed E-state index contributed by atoms with van der Waals surface area (Å²) in [6, 6.07) is 12.0. The number of nitrogens with zero attached hydrogens (tertiary/aromatic N) is 1. The van der Waals surface area contributed by atoms with Crippen molar-refractivity contribution in [2.45, 2.75) is 6.92 Å². The first-order valence-corrected chi connectivity index (χ1v) is 4.93. The molecule has 2 nitrogen and oxygen atoms in total. The molecule has 0 aliphatic heterocycles. The van der Waals surface area contributed by atoms with E-state index in [4.69, 9.17) is 5.11 Å². The van der Waals surface area contributed by atoms with E-state index in [0.717, 1.165) is 22.2 Å². The van der Waals surface area contributed by atoms with Gasteiger partial charge in [-0.05, 0) is 30.7 Å². The summed E-state index contributed by atoms with van der Waals surface area (Å²) in [6.07, 6.45) is 1.90. The molecule has 0 amide bonds. The fourth-order valence-corrected chi connectivity index (χ4v) is 1.46. The number of aliphatic hydroxyl groups excluding tert-OH is 1. The second kappa shape index (κ2) is 4.24. The maximum absolute atomic E-state index is 8.91. The number of aromatic nitrogens is 1. The Kier molecular flexibility index (Phi) is 2.79. The van der Waals surface area contributed by atoms with Crippen molar-refractivity contribution in [3.05, 3.63) is 47.7 Å². The molecule has 0 radical (unpaired) electrons. The van der Waals surface area contributed by atoms with E-state index in [-0.39, 0.29) is 6.61 Å². The van der Waals surface area contributed by atoms with Gasteiger partial charge in [-0.3, -0.25) is 0 Å². The number of benzene rings is 1. The summed E-state index contributed by atoms with van der Waals surface area (Å²) in [5.74, 6) is 0. The molecule has 2 rings (SSSR count). The first-order valence-electron chi connectivity index (χ1n) is 4.93. The van der Waals surface area contributed by atoms with Crippen molar-refractivity contribution in [1.29, 1.82) is 0 Å². The number of rotatable bonds is 2. The van der Waals surface area contributed by atoms with Crippen LogP contribution in [0.3, 0.4) is 0 Å². The quantitative estimate of drug-likeness (QED) is 0.806. The van der Waals surface area contributed by atoms with Crippen LogP contribution < -0.4 is 0 Å². The van der Waals surface area contributed by atoms with E-state index in [1.54, 1.807) is 0 Å². The predicted octanol–water partition coefficient (Wildman–Crippen LogP) is 2.63. The lowest BCUT2D eigenvalue weighted by atomic mass is 10.2. The van der Waals surface area contributed by atoms with Gasteiger partial charge in [-0.15, -0.1) is 0 Å². The van der Waals surface area contributed by atoms with Crippen LogP contribution in [0.4, 0.5) is 0 Å². The molecule has 0 saturated carbocycles. The van der Waals surface area contributed by atoms with Crippen LogP contribution in [0.1, 0.15) is 12.6 Å². The van der Waals surface area contributed by atoms with Crippen molar-refractivity contribution in [2.24, 2.45) is 0 Å². The minimum Gasteiger partial charge on any atom is -0.392 e. The van der Waals surface area contributed by atoms with E-state index in [0.29, 0.717) is 0 Å². The Morgan fingerprint density at radius 1 is 1.27 bits per heavy atom. The van der Waals surface area contributed by atoms with Crippen LogP contribution in [0.15, 0.2) is 42.0 Å². The largest absolute Gasteiger partial charge is 0.392 e. The van der Waals surface area contributed by atoms with E-state index < -0.39 is 0 Å². The zero-order valence-corrected chi connectivity index (χ0v) is 8.64. The van der Waals surface area contributed by atoms with E-state index in [1.807, 2.05) is 49.4 Å². The number of hydrogen-bond acceptors (Lipinski definition) is 2. The van der Waals surface area contributed by atoms with Crippen molar-refractivity contribution < 1.29 is 5.11 Å². The van der Waals surface area contributed by atoms with Gasteiger partial charge in [0.25, 0.3) is 0 Å². The topological polar surface area (TPSA) is 33.1 Å². The first-order chi connectivity index (χ1) is 7.29. The molecule has 0 atom stereocenters. The Hall–Kier alpha value is -1.67. The zero-order chi connectivity index (χ0) is 10.7. The minimum atomic E-state index is 0.0779. The summed E-state index contributed by atoms with van der Waals surface area (Å²) in [6.45, 7) is 1.96. The van der Waals surface area contributed by atoms with Crippen LogP contribution in [-0.4, -0.2) is 16.7 Å². The summed E-state index contributed by atoms with van der Waals surface area (Å²) >= 11 is 0. The second-order valence-electron chi connectivity index (χ2n) is 3.58. The molecule has 0 saturated heterocycles. The highest BCUT2D eigenvalue weighted by Gasteiger charge is 1.95. The molecule has 0 aliphatic carbocycles. The Bertz CT molecular complexity index is 503. The van der Waals surface area contributed by atoms with Crippen LogP contribution in [-0.2, 0) is 0 Å². The molecule has 0 spiro atoms. The maximum atomic E-state index is 8.91. The van der Waals surface area contributed by atoms with Crippen LogP contribution >= 0.6 is 0 Å². The molecular weight excluding hydrogens is 186 g/mol. The standard InChI is InChI=1S/C13H13NO/c1-10(9-15)8-12-7-6-11-4-2-3-5-13(11)14-12/h2-8,15H,9H2,1H3. The van der Waals surface area contributed by atoms with Gasteiger partial charge in [0.15, 0.2) is 0 Å². The zero-order valence-electron chi connectivity index (χ0n) is 8.64. The summed E-state index contributed by atoms with van der Waals surface area (Å²) in [5.41, 5.74) is 2.79. The predicted molar refractivity (Wildman–Crippen MR) is 62.5 cm³/mol. The van der Waals surface area contributed by atoms with Gasteiger partial charge in [0.05, 0.1) is 17.8 Å². The maximum Gasteiger partial charge on any atom is 0.0709 e. The molecule has 2 heteroatoms. The Balaban J connectivity index is 2.47. The van der Waals surface area contributed by atoms with E-state index in [9.17, 15) is 0 Å². The Morgan fingerprint density at radius 3 is 2.87 bits per heavy atom. The van der Waals surface area contributed by atoms with Crippen LogP contribution in [0.25, 0.3) is 17.0 Å². The molecule has 0 fully saturated rings. The summed E-state index contributed by atoms with van der Waals surface area (Å²) in [7, 11) is 0. The van der Waals surface area contributed by atoms with Crippen molar-refractivity contribution in [2.75, 3.05) is 6.61 Å². The average molecular weight is 199 g/mol. The third kappa shape index (κ3) is 2.22. The summed E-state index contributed by atoms with van der Waals surface area (Å²) < 4.78 is 0. The molecule has 2 aromatic rings. The first kappa shape index (κ1) is 9.87. The third-order valence-corrected chi connectivity index (χ3v) is 2.26. The van der Waals surface area contributed by atoms with Crippen molar-refractivity contribution >= 4 is 17.0 Å². The number of para-hydroxylation sites is 1. The Morgan fingerprint density at radius 2 is 2.07 bits per heavy atom. The summed E-state index contributed by atoms with van der Waals surface area (Å²) in [4.78, 5) is 4.48. The third-order valence-electron chi connectivity index (χ3n) is 2.26. The second-order valence-corrected chi connectivity index (χ2v) is 3.58. The molecule has 0 unspecified atom stereocenters. The smallest absolute Gasteiger partial charge is 0.0709 e. The van der Waals surface area contributed by atoms with Crippen molar-refractivity contribution in [1.82, 2.24) is 4.98 Å². The fraction of sp³-hybridized carbons (Fsp3) is 0.154. The fourth-order valence-electron chi connectivity index (χ4n) is 1.46. The molecule has 1 aromatic carbocycles. The van der Waals surface area contributed by atoms with E-state index in [2.05, 4.69) is 4.98 Å². The minimum absolute atomic E-state index is 0.0779. The average Bonchev–Trinajstić information content (AvgIpc) is 2.29. The lowest BCUT2D eigenvalue weighted by molar-refractivity contribution is 0.332. The normalized spacial score (nSPS) is 12.0. The highest BCUT2D eigenvalue weighted by molar-refractivity contribution is 5.79. The van der Waals surface area contributed by atoms with Gasteiger partial charge in [-0.2, -0.15) is 0 Å². The molecule has 76 valence electrons. The molecule has 0 bridgehead atoms. The van der Waals surface area contributed by atoms with Gasteiger partial charge in [0, 0.05) is 5.39 Å². The van der Waals surface area contributed by atoms with Crippen molar-refractivity contribution in [3.8, 4) is 0 Å². The highest BCUT2D eigenvalue weighted by Crippen LogP contribution is 2.13. The van der Waals surface area contributed by atoms with Gasteiger partial charge in [0.2, 0.25) is 0 Å². The molecule has 1 aromatic heterocycles. The molecule has 15 heavy (non-hydrogen) atoms. The van der Waals surface area contributed by atoms with E-state index in [1.165, 1.54) is 0 Å². The van der Waals surface area contributed by atoms with Gasteiger partial charge < -0.3 is 5.11 Å². The van der Waals surface area contributed by atoms with Gasteiger partial charge in [-0.25, -0.2) is 4.98 Å². The molecule has 0 aliphatic rings. The molecule has 1 N–H and O–H groups in total. The highest BCUT2D eigenvalue weighted by atomic mass is 16.3. The van der Waals surface area contributed by atoms with Gasteiger partial charge in [-0.1, -0.05) is 24.3 Å². The lowest BCUT2D eigenvalue weighted by Crippen LogP contribution is -1.87. The van der Waals surface area contributed by atoms with Gasteiger partial charge in [0.1, 0.15) is 0 Å². The molecular formula is C13H13NO. The number of hydrogen-bond donors (Lipinski definition) is 1. The molecule has 1 heterocycles. The SMILES string of the molecule is CC(=Cc1ccc2ccccc2n1)CO. The number of pyridine rings is 1. The van der Waals surface area contributed by atoms with Crippen LogP contribution in [0.2, 0.25) is 0 Å². The Labute approximate surface area is 88.9 Å². The monoisotopic (exact) mass is 199 g/mol. The van der Waals surface area contributed by atoms with Crippen molar-refractivity contribution in [3.63, 3.8) is 0 Å². The lowest BCUT2D eigenvalue weighted by Gasteiger charge is -1.99. The van der Waals surface area contributed by atoms with Crippen LogP contribution in [0.5, 0.6) is 0 Å². The van der Waals surface area contributed by atoms with E-state index >= 15 is 0 Å². The number of fused-ring (bicyclic) bond motifs is 1. The van der Waals surface area contributed by atoms with Gasteiger partial charge >= 0.3 is 0 Å². The number of aliphatic hydroxyl groups is 1. The van der Waals surface area contributed by atoms with Crippen LogP contribution in [0, 0.1) is 0 Å².